The van der Waals surface area contributed by atoms with Crippen molar-refractivity contribution in [2.45, 2.75) is 90.7 Å². The average Bonchev–Trinajstić information content (AvgIpc) is 3.35. The van der Waals surface area contributed by atoms with Crippen molar-refractivity contribution in [2.75, 3.05) is 6.61 Å². The fourth-order valence-corrected chi connectivity index (χ4v) is 7.94. The van der Waals surface area contributed by atoms with Crippen molar-refractivity contribution in [3.63, 3.8) is 0 Å². The SMILES string of the molecule is C[C@]12CCC(=NOCCc3ncc(CN)o3)CC1CCC1C2CC[C@@]2(C)C1CC[C@@H]2O. The zero-order chi connectivity index (χ0) is 21.6. The number of oxazole rings is 1. The van der Waals surface area contributed by atoms with Gasteiger partial charge in [-0.1, -0.05) is 19.0 Å². The molecule has 3 N–H and O–H groups in total. The zero-order valence-corrected chi connectivity index (χ0v) is 19.2. The predicted octanol–water partition coefficient (Wildman–Crippen LogP) is 4.45. The van der Waals surface area contributed by atoms with Crippen molar-refractivity contribution in [1.82, 2.24) is 4.98 Å². The van der Waals surface area contributed by atoms with Crippen molar-refractivity contribution < 1.29 is 14.4 Å². The molecule has 4 saturated carbocycles. The van der Waals surface area contributed by atoms with E-state index in [1.54, 1.807) is 6.20 Å². The van der Waals surface area contributed by atoms with E-state index in [1.807, 2.05) is 0 Å². The van der Waals surface area contributed by atoms with E-state index < -0.39 is 0 Å². The number of oxime groups is 1. The lowest BCUT2D eigenvalue weighted by atomic mass is 9.45. The summed E-state index contributed by atoms with van der Waals surface area (Å²) in [7, 11) is 0. The van der Waals surface area contributed by atoms with E-state index in [0.29, 0.717) is 36.6 Å². The molecule has 4 fully saturated rings. The lowest BCUT2D eigenvalue weighted by Gasteiger charge is -2.60. The number of hydrogen-bond donors (Lipinski definition) is 2. The average molecular weight is 430 g/mol. The Balaban J connectivity index is 1.19. The number of aliphatic hydroxyl groups is 1. The molecule has 0 aliphatic heterocycles. The summed E-state index contributed by atoms with van der Waals surface area (Å²) >= 11 is 0. The van der Waals surface area contributed by atoms with Crippen molar-refractivity contribution in [2.24, 2.45) is 45.4 Å². The van der Waals surface area contributed by atoms with Gasteiger partial charge in [-0.15, -0.1) is 0 Å². The first kappa shape index (κ1) is 21.4. The lowest BCUT2D eigenvalue weighted by Crippen LogP contribution is -2.54. The Kier molecular flexibility index (Phi) is 5.66. The van der Waals surface area contributed by atoms with Crippen molar-refractivity contribution in [1.29, 1.82) is 0 Å². The summed E-state index contributed by atoms with van der Waals surface area (Å²) < 4.78 is 5.52. The Morgan fingerprint density at radius 1 is 1.16 bits per heavy atom. The quantitative estimate of drug-likeness (QED) is 0.533. The summed E-state index contributed by atoms with van der Waals surface area (Å²) in [5.41, 5.74) is 7.39. The van der Waals surface area contributed by atoms with Crippen LogP contribution in [0.3, 0.4) is 0 Å². The van der Waals surface area contributed by atoms with Gasteiger partial charge in [0.1, 0.15) is 12.4 Å². The van der Waals surface area contributed by atoms with Gasteiger partial charge in [-0.3, -0.25) is 0 Å². The molecule has 1 heterocycles. The fraction of sp³-hybridized carbons (Fsp3) is 0.840. The van der Waals surface area contributed by atoms with Crippen LogP contribution in [-0.4, -0.2) is 28.5 Å². The van der Waals surface area contributed by atoms with Crippen molar-refractivity contribution in [3.05, 3.63) is 17.8 Å². The highest BCUT2D eigenvalue weighted by Gasteiger charge is 2.59. The molecule has 172 valence electrons. The van der Waals surface area contributed by atoms with Gasteiger partial charge in [0.05, 0.1) is 31.0 Å². The third kappa shape index (κ3) is 3.64. The number of nitrogens with two attached hydrogens (primary N) is 1. The van der Waals surface area contributed by atoms with Gasteiger partial charge in [0, 0.05) is 0 Å². The second-order valence-corrected chi connectivity index (χ2v) is 11.2. The summed E-state index contributed by atoms with van der Waals surface area (Å²) in [5, 5.41) is 15.2. The van der Waals surface area contributed by atoms with E-state index in [0.717, 1.165) is 42.9 Å². The van der Waals surface area contributed by atoms with Crippen LogP contribution in [0.15, 0.2) is 15.8 Å². The number of aromatic nitrogens is 1. The Labute approximate surface area is 186 Å². The van der Waals surface area contributed by atoms with Gasteiger partial charge in [0.2, 0.25) is 0 Å². The molecule has 0 radical (unpaired) electrons. The summed E-state index contributed by atoms with van der Waals surface area (Å²) in [4.78, 5) is 9.86. The van der Waals surface area contributed by atoms with E-state index in [2.05, 4.69) is 24.0 Å². The molecule has 0 aromatic carbocycles. The maximum atomic E-state index is 10.6. The molecular weight excluding hydrogens is 390 g/mol. The highest BCUT2D eigenvalue weighted by Crippen LogP contribution is 2.65. The highest BCUT2D eigenvalue weighted by atomic mass is 16.6. The number of aliphatic hydroxyl groups excluding tert-OH is 1. The van der Waals surface area contributed by atoms with Crippen LogP contribution in [-0.2, 0) is 17.8 Å². The number of hydrogen-bond acceptors (Lipinski definition) is 6. The van der Waals surface area contributed by atoms with Crippen LogP contribution < -0.4 is 5.73 Å². The fourth-order valence-electron chi connectivity index (χ4n) is 7.94. The van der Waals surface area contributed by atoms with E-state index in [-0.39, 0.29) is 11.5 Å². The molecular formula is C25H39N3O3. The van der Waals surface area contributed by atoms with Crippen molar-refractivity contribution >= 4 is 5.71 Å². The Morgan fingerprint density at radius 2 is 2.00 bits per heavy atom. The molecule has 4 aliphatic carbocycles. The van der Waals surface area contributed by atoms with Gasteiger partial charge < -0.3 is 20.1 Å². The maximum Gasteiger partial charge on any atom is 0.197 e. The number of fused-ring (bicyclic) bond motifs is 5. The molecule has 5 rings (SSSR count). The normalized spacial score (nSPS) is 43.4. The van der Waals surface area contributed by atoms with Gasteiger partial charge in [0.15, 0.2) is 5.89 Å². The molecule has 0 bridgehead atoms. The predicted molar refractivity (Wildman–Crippen MR) is 119 cm³/mol. The summed E-state index contributed by atoms with van der Waals surface area (Å²) in [6, 6.07) is 0. The standard InChI is InChI=1S/C25H39N3O3/c1-24-10-7-17(28-30-12-9-23-27-15-18(14-26)31-23)13-16(24)3-4-19-20-5-6-22(29)25(20,2)11-8-21(19)24/h15-16,19-22,29H,3-14,26H2,1-2H3/t16?,19?,20?,21?,22-,24-,25-/m0/s1. The van der Waals surface area contributed by atoms with Crippen LogP contribution >= 0.6 is 0 Å². The van der Waals surface area contributed by atoms with Gasteiger partial charge in [-0.05, 0) is 92.3 Å². The number of nitrogens with zero attached hydrogens (tertiary/aromatic N) is 2. The first-order valence-electron chi connectivity index (χ1n) is 12.4. The van der Waals surface area contributed by atoms with Gasteiger partial charge in [-0.2, -0.15) is 0 Å². The van der Waals surface area contributed by atoms with Crippen LogP contribution in [0.25, 0.3) is 0 Å². The maximum absolute atomic E-state index is 10.6. The third-order valence-corrected chi connectivity index (χ3v) is 9.85. The monoisotopic (exact) mass is 429 g/mol. The zero-order valence-electron chi connectivity index (χ0n) is 19.2. The first-order chi connectivity index (χ1) is 14.9. The topological polar surface area (TPSA) is 93.9 Å². The van der Waals surface area contributed by atoms with E-state index >= 15 is 0 Å². The minimum Gasteiger partial charge on any atom is -0.444 e. The molecule has 6 nitrogen and oxygen atoms in total. The highest BCUT2D eigenvalue weighted by molar-refractivity contribution is 5.85. The van der Waals surface area contributed by atoms with Crippen LogP contribution in [0.1, 0.15) is 83.3 Å². The molecule has 1 aromatic heterocycles. The number of rotatable bonds is 5. The first-order valence-corrected chi connectivity index (χ1v) is 12.4. The molecule has 4 aliphatic rings. The molecule has 1 aromatic rings. The Bertz CT molecular complexity index is 823. The molecule has 0 saturated heterocycles. The van der Waals surface area contributed by atoms with Gasteiger partial charge in [-0.25, -0.2) is 4.98 Å². The minimum absolute atomic E-state index is 0.0792. The summed E-state index contributed by atoms with van der Waals surface area (Å²) in [6.45, 7) is 5.80. The molecule has 0 spiro atoms. The lowest BCUT2D eigenvalue weighted by molar-refractivity contribution is -0.112. The summed E-state index contributed by atoms with van der Waals surface area (Å²) in [5.74, 6) is 4.45. The van der Waals surface area contributed by atoms with Crippen molar-refractivity contribution in [3.8, 4) is 0 Å². The van der Waals surface area contributed by atoms with E-state index in [1.165, 1.54) is 44.2 Å². The second kappa shape index (κ2) is 8.18. The molecule has 0 amide bonds. The second-order valence-electron chi connectivity index (χ2n) is 11.2. The van der Waals surface area contributed by atoms with Crippen LogP contribution in [0.2, 0.25) is 0 Å². The Hall–Kier alpha value is -1.40. The summed E-state index contributed by atoms with van der Waals surface area (Å²) in [6.07, 6.45) is 13.0. The van der Waals surface area contributed by atoms with Gasteiger partial charge in [0.25, 0.3) is 0 Å². The smallest absolute Gasteiger partial charge is 0.197 e. The Morgan fingerprint density at radius 3 is 2.81 bits per heavy atom. The van der Waals surface area contributed by atoms with E-state index in [9.17, 15) is 5.11 Å². The van der Waals surface area contributed by atoms with Gasteiger partial charge >= 0.3 is 0 Å². The third-order valence-electron chi connectivity index (χ3n) is 9.85. The molecule has 4 unspecified atom stereocenters. The molecule has 6 heteroatoms. The molecule has 31 heavy (non-hydrogen) atoms. The largest absolute Gasteiger partial charge is 0.444 e. The van der Waals surface area contributed by atoms with Crippen LogP contribution in [0.4, 0.5) is 0 Å². The van der Waals surface area contributed by atoms with Crippen LogP contribution in [0, 0.1) is 34.5 Å². The molecule has 7 atom stereocenters. The van der Waals surface area contributed by atoms with Crippen LogP contribution in [0.5, 0.6) is 0 Å². The minimum atomic E-state index is -0.0792. The van der Waals surface area contributed by atoms with E-state index in [4.69, 9.17) is 15.0 Å².